The van der Waals surface area contributed by atoms with Crippen LogP contribution in [0.4, 0.5) is 0 Å². The van der Waals surface area contributed by atoms with E-state index in [2.05, 4.69) is 135 Å². The Morgan fingerprint density at radius 1 is 0.356 bits per heavy atom. The Hall–Kier alpha value is -3.59. The van der Waals surface area contributed by atoms with Crippen molar-refractivity contribution in [3.05, 3.63) is 122 Å². The van der Waals surface area contributed by atoms with Gasteiger partial charge in [-0.15, -0.1) is 0 Å². The van der Waals surface area contributed by atoms with Crippen LogP contribution in [0.3, 0.4) is 0 Å². The van der Waals surface area contributed by atoms with E-state index in [0.717, 1.165) is 103 Å². The number of hydrogen-bond donors (Lipinski definition) is 0. The summed E-state index contributed by atoms with van der Waals surface area (Å²) in [4.78, 5) is 38.1. The number of unbranched alkanes of at least 4 members (excludes halogenated alkanes) is 34. The van der Waals surface area contributed by atoms with Gasteiger partial charge in [-0.3, -0.25) is 14.2 Å². The number of ether oxygens (including phenoxy) is 2. The molecule has 0 aliphatic rings. The summed E-state index contributed by atoms with van der Waals surface area (Å²) in [7, 11) is 1.16. The topological polar surface area (TPSA) is 111 Å². The van der Waals surface area contributed by atoms with Crippen LogP contribution >= 0.6 is 7.82 Å². The third-order valence-corrected chi connectivity index (χ3v) is 16.9. The van der Waals surface area contributed by atoms with Gasteiger partial charge in [0.05, 0.1) is 27.7 Å². The highest BCUT2D eigenvalue weighted by atomic mass is 31.2. The van der Waals surface area contributed by atoms with Gasteiger partial charge >= 0.3 is 11.9 Å². The fourth-order valence-corrected chi connectivity index (χ4v) is 11.0. The van der Waals surface area contributed by atoms with Gasteiger partial charge in [-0.25, -0.2) is 0 Å². The van der Waals surface area contributed by atoms with E-state index < -0.39 is 26.5 Å². The Labute approximate surface area is 556 Å². The lowest BCUT2D eigenvalue weighted by molar-refractivity contribution is -0.870. The molecule has 0 heterocycles. The maximum atomic E-state index is 12.9. The first kappa shape index (κ1) is 86.4. The molecule has 0 amide bonds. The molecule has 0 fully saturated rings. The van der Waals surface area contributed by atoms with Gasteiger partial charge in [-0.2, -0.15) is 0 Å². The predicted octanol–water partition coefficient (Wildman–Crippen LogP) is 24.0. The number of nitrogens with zero attached hydrogens (tertiary/aromatic N) is 1. The van der Waals surface area contributed by atoms with Crippen LogP contribution in [-0.4, -0.2) is 70.0 Å². The second kappa shape index (κ2) is 69.7. The number of rotatable bonds is 68. The molecule has 0 N–H and O–H groups in total. The highest BCUT2D eigenvalue weighted by molar-refractivity contribution is 7.45. The molecule has 2 unspecified atom stereocenters. The Morgan fingerprint density at radius 3 is 0.956 bits per heavy atom. The summed E-state index contributed by atoms with van der Waals surface area (Å²) >= 11 is 0. The van der Waals surface area contributed by atoms with Gasteiger partial charge in [-0.1, -0.05) is 322 Å². The van der Waals surface area contributed by atoms with E-state index in [-0.39, 0.29) is 32.0 Å². The standard InChI is InChI=1S/C80H140NO8P/c1-6-8-10-12-14-16-18-20-22-24-26-28-30-32-34-35-36-37-38-39-40-41-42-43-44-45-47-49-51-53-55-57-59-61-63-65-67-69-71-73-80(83)89-78(77-88-90(84,85)87-75-74-81(3,4)5)76-86-79(82)72-70-68-66-64-62-60-58-56-54-52-50-48-46-33-31-29-27-25-23-21-19-17-15-13-11-9-7-2/h8,10,14,16,20,22,25-28,32,34,36-37,39-40,42-43,45,47,78H,6-7,9,11-13,15,17-19,21,23-24,29-31,33,35,38,41,44,46,48-77H2,1-5H3/b10-8-,16-14-,22-20-,27-25-,28-26-,34-32-,37-36-,40-39-,43-42-,47-45-. The Kier molecular flexibility index (Phi) is 67.0. The average molecular weight is 1270 g/mol. The monoisotopic (exact) mass is 1270 g/mol. The average Bonchev–Trinajstić information content (AvgIpc) is 3.58. The second-order valence-corrected chi connectivity index (χ2v) is 27.3. The fraction of sp³-hybridized carbons (Fsp3) is 0.725. The summed E-state index contributed by atoms with van der Waals surface area (Å²) in [6.07, 6.45) is 100. The van der Waals surface area contributed by atoms with Gasteiger partial charge in [0.1, 0.15) is 19.8 Å². The van der Waals surface area contributed by atoms with E-state index in [1.165, 1.54) is 186 Å². The highest BCUT2D eigenvalue weighted by Gasteiger charge is 2.22. The predicted molar refractivity (Wildman–Crippen MR) is 388 cm³/mol. The molecular weight excluding hydrogens is 1130 g/mol. The van der Waals surface area contributed by atoms with Gasteiger partial charge in [-0.05, 0) is 109 Å². The van der Waals surface area contributed by atoms with Crippen molar-refractivity contribution in [2.45, 2.75) is 328 Å². The van der Waals surface area contributed by atoms with Crippen LogP contribution in [-0.2, 0) is 32.7 Å². The molecular formula is C80H140NO8P. The molecule has 0 aromatic rings. The summed E-state index contributed by atoms with van der Waals surface area (Å²) < 4.78 is 34.4. The van der Waals surface area contributed by atoms with Crippen molar-refractivity contribution in [2.24, 2.45) is 0 Å². The third-order valence-electron chi connectivity index (χ3n) is 16.0. The number of phosphoric ester groups is 1. The van der Waals surface area contributed by atoms with Crippen molar-refractivity contribution in [1.82, 2.24) is 0 Å². The van der Waals surface area contributed by atoms with E-state index in [1.807, 2.05) is 21.1 Å². The molecule has 0 aliphatic carbocycles. The van der Waals surface area contributed by atoms with Crippen molar-refractivity contribution in [3.63, 3.8) is 0 Å². The van der Waals surface area contributed by atoms with Crippen molar-refractivity contribution >= 4 is 19.8 Å². The zero-order valence-corrected chi connectivity index (χ0v) is 59.9. The van der Waals surface area contributed by atoms with Gasteiger partial charge in [0.2, 0.25) is 0 Å². The second-order valence-electron chi connectivity index (χ2n) is 25.9. The highest BCUT2D eigenvalue weighted by Crippen LogP contribution is 2.38. The Balaban J connectivity index is 4.05. The van der Waals surface area contributed by atoms with E-state index in [0.29, 0.717) is 17.4 Å². The largest absolute Gasteiger partial charge is 0.756 e. The van der Waals surface area contributed by atoms with E-state index in [9.17, 15) is 19.0 Å². The summed E-state index contributed by atoms with van der Waals surface area (Å²) in [6.45, 7) is 4.15. The molecule has 0 bridgehead atoms. The number of esters is 2. The van der Waals surface area contributed by atoms with Crippen LogP contribution in [0, 0.1) is 0 Å². The smallest absolute Gasteiger partial charge is 0.306 e. The first-order valence-corrected chi connectivity index (χ1v) is 38.7. The number of carbonyl (C=O) groups is 2. The molecule has 518 valence electrons. The zero-order valence-electron chi connectivity index (χ0n) is 59.1. The number of likely N-dealkylation sites (N-methyl/N-ethyl adjacent to an activating group) is 1. The number of quaternary nitrogens is 1. The van der Waals surface area contributed by atoms with E-state index >= 15 is 0 Å². The lowest BCUT2D eigenvalue weighted by atomic mass is 10.0. The minimum absolute atomic E-state index is 0.0349. The number of allylic oxidation sites excluding steroid dienone is 20. The summed E-state index contributed by atoms with van der Waals surface area (Å²) in [5.74, 6) is -0.831. The van der Waals surface area contributed by atoms with Crippen LogP contribution < -0.4 is 4.89 Å². The van der Waals surface area contributed by atoms with Crippen molar-refractivity contribution in [2.75, 3.05) is 47.5 Å². The maximum Gasteiger partial charge on any atom is 0.306 e. The summed E-state index contributed by atoms with van der Waals surface area (Å²) in [5.41, 5.74) is 0. The third kappa shape index (κ3) is 73.5. The normalized spacial score (nSPS) is 13.8. The van der Waals surface area contributed by atoms with Gasteiger partial charge in [0, 0.05) is 12.8 Å². The summed E-state index contributed by atoms with van der Waals surface area (Å²) in [6, 6.07) is 0. The summed E-state index contributed by atoms with van der Waals surface area (Å²) in [5, 5.41) is 0. The van der Waals surface area contributed by atoms with E-state index in [1.54, 1.807) is 0 Å². The van der Waals surface area contributed by atoms with Gasteiger partial charge in [0.15, 0.2) is 6.10 Å². The van der Waals surface area contributed by atoms with Crippen LogP contribution in [0.1, 0.15) is 322 Å². The first-order valence-electron chi connectivity index (χ1n) is 37.2. The van der Waals surface area contributed by atoms with E-state index in [4.69, 9.17) is 18.5 Å². The van der Waals surface area contributed by atoms with Crippen LogP contribution in [0.5, 0.6) is 0 Å². The quantitative estimate of drug-likeness (QED) is 0.0195. The molecule has 2 atom stereocenters. The molecule has 0 aromatic carbocycles. The molecule has 10 heteroatoms. The lowest BCUT2D eigenvalue weighted by Crippen LogP contribution is -2.37. The Bertz CT molecular complexity index is 1940. The minimum Gasteiger partial charge on any atom is -0.756 e. The maximum absolute atomic E-state index is 12.9. The molecule has 0 saturated heterocycles. The lowest BCUT2D eigenvalue weighted by Gasteiger charge is -2.28. The Morgan fingerprint density at radius 2 is 0.633 bits per heavy atom. The molecule has 90 heavy (non-hydrogen) atoms. The van der Waals surface area contributed by atoms with Crippen molar-refractivity contribution < 1.29 is 42.1 Å². The first-order chi connectivity index (χ1) is 44.0. The van der Waals surface area contributed by atoms with Gasteiger partial charge in [0.25, 0.3) is 7.82 Å². The molecule has 0 radical (unpaired) electrons. The molecule has 0 aliphatic heterocycles. The van der Waals surface area contributed by atoms with Gasteiger partial charge < -0.3 is 27.9 Å². The minimum atomic E-state index is -4.65. The zero-order chi connectivity index (χ0) is 65.5. The molecule has 0 saturated carbocycles. The molecule has 0 aromatic heterocycles. The molecule has 9 nitrogen and oxygen atoms in total. The SMILES string of the molecule is CC/C=C\C/C=C\C/C=C\C/C=C\C/C=C\C/C=C\C/C=C\C/C=C\C/C=C\CCCCCCCCCCCCCC(=O)OC(COC(=O)CCCCCCCCCCCCCCCCC/C=C\CCCCCCCCCC)COP(=O)([O-])OCC[N+](C)(C)C. The number of carbonyl (C=O) groups excluding carboxylic acids is 2. The van der Waals surface area contributed by atoms with Crippen molar-refractivity contribution in [3.8, 4) is 0 Å². The number of hydrogen-bond acceptors (Lipinski definition) is 8. The number of phosphoric acid groups is 1. The van der Waals surface area contributed by atoms with Crippen molar-refractivity contribution in [1.29, 1.82) is 0 Å². The molecule has 0 spiro atoms. The van der Waals surface area contributed by atoms with Crippen LogP contribution in [0.2, 0.25) is 0 Å². The fourth-order valence-electron chi connectivity index (χ4n) is 10.3. The van der Waals surface area contributed by atoms with Crippen LogP contribution in [0.15, 0.2) is 122 Å². The molecule has 0 rings (SSSR count). The van der Waals surface area contributed by atoms with Crippen LogP contribution in [0.25, 0.3) is 0 Å².